The van der Waals surface area contributed by atoms with Crippen molar-refractivity contribution in [2.45, 2.75) is 82.2 Å². The molecule has 0 bridgehead atoms. The van der Waals surface area contributed by atoms with Crippen LogP contribution >= 0.6 is 0 Å². The van der Waals surface area contributed by atoms with Crippen LogP contribution in [0, 0.1) is 5.92 Å². The monoisotopic (exact) mass is 576 g/mol. The minimum Gasteiger partial charge on any atom is -0.349 e. The van der Waals surface area contributed by atoms with Crippen molar-refractivity contribution in [1.29, 1.82) is 0 Å². The summed E-state index contributed by atoms with van der Waals surface area (Å²) in [5.41, 5.74) is 4.75. The number of rotatable bonds is 12. The average molecular weight is 577 g/mol. The number of carbonyl (C=O) groups is 1. The van der Waals surface area contributed by atoms with E-state index in [1.807, 2.05) is 22.9 Å². The molecule has 2 heterocycles. The van der Waals surface area contributed by atoms with Crippen LogP contribution in [0.1, 0.15) is 86.7 Å². The van der Waals surface area contributed by atoms with E-state index in [1.165, 1.54) is 17.5 Å². The molecule has 1 aliphatic carbocycles. The van der Waals surface area contributed by atoms with E-state index in [0.29, 0.717) is 17.4 Å². The molecule has 7 nitrogen and oxygen atoms in total. The number of hydrogen-bond donors (Lipinski definition) is 1. The number of benzene rings is 2. The fourth-order valence-corrected chi connectivity index (χ4v) is 6.96. The van der Waals surface area contributed by atoms with Crippen LogP contribution < -0.4 is 5.32 Å². The van der Waals surface area contributed by atoms with Crippen molar-refractivity contribution in [3.63, 3.8) is 0 Å². The Balaban J connectivity index is 1.17. The quantitative estimate of drug-likeness (QED) is 0.307. The second-order valence-corrected chi connectivity index (χ2v) is 13.9. The van der Waals surface area contributed by atoms with Crippen LogP contribution in [0.2, 0.25) is 0 Å². The Morgan fingerprint density at radius 2 is 1.71 bits per heavy atom. The lowest BCUT2D eigenvalue weighted by atomic mass is 9.84. The fourth-order valence-electron chi connectivity index (χ4n) is 6.08. The van der Waals surface area contributed by atoms with Gasteiger partial charge < -0.3 is 10.2 Å². The van der Waals surface area contributed by atoms with E-state index in [2.05, 4.69) is 47.6 Å². The van der Waals surface area contributed by atoms with E-state index in [9.17, 15) is 13.2 Å². The topological polar surface area (TPSA) is 84.3 Å². The van der Waals surface area contributed by atoms with Crippen molar-refractivity contribution in [2.24, 2.45) is 5.92 Å². The van der Waals surface area contributed by atoms with Gasteiger partial charge in [-0.2, -0.15) is 5.10 Å². The van der Waals surface area contributed by atoms with Crippen LogP contribution in [0.25, 0.3) is 0 Å². The summed E-state index contributed by atoms with van der Waals surface area (Å²) in [5.74, 6) is 1.02. The molecule has 1 saturated heterocycles. The molecule has 0 radical (unpaired) electrons. The average Bonchev–Trinajstić information content (AvgIpc) is 3.38. The molecule has 8 heteroatoms. The van der Waals surface area contributed by atoms with E-state index in [-0.39, 0.29) is 23.6 Å². The first-order valence-corrected chi connectivity index (χ1v) is 17.0. The number of aryl methyl sites for hydroxylation is 1. The number of nitrogens with zero attached hydrogens (tertiary/aromatic N) is 3. The SMILES string of the molecule is CCc1nn(Cc2ccc(S(=O)(=O)CC)cc2)cc1C1CCN(CC[C@H](NC(=O)C2CCC2)c2ccccc2)CC1. The minimum atomic E-state index is -3.19. The van der Waals surface area contributed by atoms with Gasteiger partial charge in [-0.1, -0.05) is 62.7 Å². The van der Waals surface area contributed by atoms with Crippen LogP contribution in [0.5, 0.6) is 0 Å². The molecule has 1 saturated carbocycles. The third-order valence-corrected chi connectivity index (χ3v) is 10.7. The number of piperidine rings is 1. The van der Waals surface area contributed by atoms with E-state index >= 15 is 0 Å². The molecule has 0 spiro atoms. The minimum absolute atomic E-state index is 0.0584. The number of aromatic nitrogens is 2. The smallest absolute Gasteiger partial charge is 0.223 e. The molecule has 1 aliphatic heterocycles. The summed E-state index contributed by atoms with van der Waals surface area (Å²) in [6.45, 7) is 7.53. The molecule has 2 fully saturated rings. The van der Waals surface area contributed by atoms with E-state index < -0.39 is 9.84 Å². The van der Waals surface area contributed by atoms with Crippen LogP contribution in [0.4, 0.5) is 0 Å². The van der Waals surface area contributed by atoms with E-state index in [1.54, 1.807) is 19.1 Å². The van der Waals surface area contributed by atoms with Gasteiger partial charge in [-0.05, 0) is 86.4 Å². The predicted molar refractivity (Wildman–Crippen MR) is 163 cm³/mol. The number of hydrogen-bond acceptors (Lipinski definition) is 5. The number of amides is 1. The summed E-state index contributed by atoms with van der Waals surface area (Å²) in [4.78, 5) is 15.7. The van der Waals surface area contributed by atoms with Gasteiger partial charge in [0.05, 0.1) is 28.9 Å². The summed E-state index contributed by atoms with van der Waals surface area (Å²) >= 11 is 0. The van der Waals surface area contributed by atoms with Gasteiger partial charge in [0.15, 0.2) is 9.84 Å². The van der Waals surface area contributed by atoms with Crippen LogP contribution in [-0.2, 0) is 27.6 Å². The van der Waals surface area contributed by atoms with Gasteiger partial charge >= 0.3 is 0 Å². The zero-order chi connectivity index (χ0) is 28.8. The molecule has 1 N–H and O–H groups in total. The van der Waals surface area contributed by atoms with Gasteiger partial charge in [-0.15, -0.1) is 0 Å². The predicted octanol–water partition coefficient (Wildman–Crippen LogP) is 5.51. The zero-order valence-corrected chi connectivity index (χ0v) is 25.3. The molecule has 0 unspecified atom stereocenters. The number of likely N-dealkylation sites (tertiary alicyclic amines) is 1. The molecule has 220 valence electrons. The van der Waals surface area contributed by atoms with Crippen molar-refractivity contribution >= 4 is 15.7 Å². The first kappa shape index (κ1) is 29.5. The Labute approximate surface area is 245 Å². The lowest BCUT2D eigenvalue weighted by molar-refractivity contribution is -0.128. The van der Waals surface area contributed by atoms with Gasteiger partial charge in [-0.25, -0.2) is 8.42 Å². The van der Waals surface area contributed by atoms with Gasteiger partial charge in [0.1, 0.15) is 0 Å². The summed E-state index contributed by atoms with van der Waals surface area (Å²) in [6.07, 6.45) is 9.44. The van der Waals surface area contributed by atoms with Crippen LogP contribution in [0.3, 0.4) is 0 Å². The Bertz CT molecular complexity index is 1390. The van der Waals surface area contributed by atoms with E-state index in [0.717, 1.165) is 69.4 Å². The fraction of sp³-hybridized carbons (Fsp3) is 0.515. The maximum Gasteiger partial charge on any atom is 0.223 e. The third kappa shape index (κ3) is 7.28. The highest BCUT2D eigenvalue weighted by Gasteiger charge is 2.28. The first-order chi connectivity index (χ1) is 19.9. The van der Waals surface area contributed by atoms with Crippen molar-refractivity contribution in [1.82, 2.24) is 20.0 Å². The summed E-state index contributed by atoms with van der Waals surface area (Å²) < 4.78 is 26.3. The molecule has 2 aromatic carbocycles. The summed E-state index contributed by atoms with van der Waals surface area (Å²) in [5, 5.41) is 8.25. The van der Waals surface area contributed by atoms with Gasteiger partial charge in [-0.3, -0.25) is 9.48 Å². The summed E-state index contributed by atoms with van der Waals surface area (Å²) in [7, 11) is -3.19. The maximum absolute atomic E-state index is 12.7. The Morgan fingerprint density at radius 3 is 2.32 bits per heavy atom. The van der Waals surface area contributed by atoms with E-state index in [4.69, 9.17) is 5.10 Å². The summed E-state index contributed by atoms with van der Waals surface area (Å²) in [6, 6.07) is 17.7. The molecule has 1 amide bonds. The lowest BCUT2D eigenvalue weighted by Gasteiger charge is -2.33. The molecule has 41 heavy (non-hydrogen) atoms. The highest BCUT2D eigenvalue weighted by molar-refractivity contribution is 7.91. The molecular formula is C33H44N4O3S. The molecule has 1 aromatic heterocycles. The molecule has 2 aliphatic rings. The molecular weight excluding hydrogens is 532 g/mol. The number of sulfone groups is 1. The van der Waals surface area contributed by atoms with Crippen molar-refractivity contribution in [2.75, 3.05) is 25.4 Å². The van der Waals surface area contributed by atoms with Crippen LogP contribution in [0.15, 0.2) is 65.7 Å². The van der Waals surface area contributed by atoms with Gasteiger partial charge in [0.2, 0.25) is 5.91 Å². The Hall–Kier alpha value is -2.97. The second kappa shape index (κ2) is 13.3. The maximum atomic E-state index is 12.7. The highest BCUT2D eigenvalue weighted by Crippen LogP contribution is 2.32. The van der Waals surface area contributed by atoms with Crippen molar-refractivity contribution in [3.8, 4) is 0 Å². The Kier molecular flexibility index (Phi) is 9.60. The van der Waals surface area contributed by atoms with Crippen LogP contribution in [-0.4, -0.2) is 54.4 Å². The third-order valence-electron chi connectivity index (χ3n) is 8.97. The molecule has 5 rings (SSSR count). The van der Waals surface area contributed by atoms with Crippen molar-refractivity contribution < 1.29 is 13.2 Å². The van der Waals surface area contributed by atoms with Gasteiger partial charge in [0.25, 0.3) is 0 Å². The Morgan fingerprint density at radius 1 is 1.00 bits per heavy atom. The molecule has 3 aromatic rings. The lowest BCUT2D eigenvalue weighted by Crippen LogP contribution is -2.39. The van der Waals surface area contributed by atoms with Gasteiger partial charge in [0, 0.05) is 18.7 Å². The standard InChI is InChI=1S/C33H44N4O3S/c1-3-31-30(24-37(35-31)23-25-13-15-29(16-14-25)41(39,40)4-2)26-17-20-36(21-18-26)22-19-32(27-9-6-5-7-10-27)34-33(38)28-11-8-12-28/h5-7,9-10,13-16,24,26,28,32H,3-4,8,11-12,17-23H2,1-2H3,(H,34,38)/t32-/m0/s1. The first-order valence-electron chi connectivity index (χ1n) is 15.3. The zero-order valence-electron chi connectivity index (χ0n) is 24.5. The number of nitrogens with one attached hydrogen (secondary N) is 1. The normalized spacial score (nSPS) is 17.7. The largest absolute Gasteiger partial charge is 0.349 e. The second-order valence-electron chi connectivity index (χ2n) is 11.6. The highest BCUT2D eigenvalue weighted by atomic mass is 32.2. The molecule has 1 atom stereocenters. The number of carbonyl (C=O) groups excluding carboxylic acids is 1. The van der Waals surface area contributed by atoms with Crippen molar-refractivity contribution in [3.05, 3.63) is 83.2 Å².